The van der Waals surface area contributed by atoms with E-state index in [1.165, 1.54) is 0 Å². The van der Waals surface area contributed by atoms with Gasteiger partial charge in [-0.05, 0) is 263 Å². The van der Waals surface area contributed by atoms with Crippen LogP contribution in [0.5, 0.6) is 28.7 Å². The molecule has 6 aromatic rings. The third-order valence-corrected chi connectivity index (χ3v) is 16.0. The summed E-state index contributed by atoms with van der Waals surface area (Å²) in [6, 6.07) is 17.5. The monoisotopic (exact) mass is 923 g/mol. The molecule has 2 atom stereocenters. The zero-order chi connectivity index (χ0) is 51.0. The largest absolute Gasteiger partial charge is 0.507 e. The Morgan fingerprint density at radius 2 is 0.594 bits per heavy atom. The molecule has 0 radical (unpaired) electrons. The Bertz CT molecular complexity index is 3000. The van der Waals surface area contributed by atoms with Crippen LogP contribution in [0.15, 0.2) is 71.5 Å². The molecule has 0 heterocycles. The Morgan fingerprint density at radius 3 is 0.870 bits per heavy atom. The maximum atomic E-state index is 11.4. The van der Waals surface area contributed by atoms with E-state index in [-0.39, 0.29) is 40.4 Å². The van der Waals surface area contributed by atoms with Crippen molar-refractivity contribution in [2.75, 3.05) is 0 Å². The molecule has 0 saturated heterocycles. The second-order valence-electron chi connectivity index (χ2n) is 20.3. The van der Waals surface area contributed by atoms with Crippen LogP contribution in [0, 0.1) is 122 Å². The van der Waals surface area contributed by atoms with Gasteiger partial charge in [-0.15, -0.1) is 0 Å². The number of phenolic OH excluding ortho intramolecular Hbond substituents is 5. The summed E-state index contributed by atoms with van der Waals surface area (Å²) in [6.45, 7) is 33.8. The molecule has 7 rings (SSSR count). The summed E-state index contributed by atoms with van der Waals surface area (Å²) in [5.74, 6) is 6.21. The zero-order valence-electron chi connectivity index (χ0n) is 43.7. The molecule has 69 heavy (non-hydrogen) atoms. The second-order valence-corrected chi connectivity index (χ2v) is 20.3. The van der Waals surface area contributed by atoms with E-state index in [9.17, 15) is 30.6 Å². The van der Waals surface area contributed by atoms with Crippen LogP contribution in [0.25, 0.3) is 0 Å². The van der Waals surface area contributed by atoms with Crippen molar-refractivity contribution in [3.8, 4) is 40.6 Å². The molecule has 0 saturated carbocycles. The van der Waals surface area contributed by atoms with Gasteiger partial charge in [-0.1, -0.05) is 60.5 Å². The van der Waals surface area contributed by atoms with Crippen molar-refractivity contribution in [3.63, 3.8) is 0 Å². The minimum Gasteiger partial charge on any atom is -0.507 e. The normalized spacial score (nSPS) is 14.3. The summed E-state index contributed by atoms with van der Waals surface area (Å²) < 4.78 is 0. The third kappa shape index (κ3) is 8.56. The van der Waals surface area contributed by atoms with Crippen LogP contribution in [-0.2, 0) is 0 Å². The number of hydrogen-bond donors (Lipinski definition) is 6. The molecule has 6 nitrogen and oxygen atoms in total. The van der Waals surface area contributed by atoms with E-state index in [1.54, 1.807) is 0 Å². The molecule has 0 fully saturated rings. The van der Waals surface area contributed by atoms with Crippen LogP contribution < -0.4 is 0 Å². The molecule has 0 aliphatic heterocycles. The van der Waals surface area contributed by atoms with E-state index in [4.69, 9.17) is 0 Å². The number of aryl methyl sites for hydroxylation is 5. The highest BCUT2D eigenvalue weighted by Gasteiger charge is 2.34. The highest BCUT2D eigenvalue weighted by atomic mass is 16.3. The average Bonchev–Trinajstić information content (AvgIpc) is 3.44. The fourth-order valence-corrected chi connectivity index (χ4v) is 10.9. The molecule has 6 N–H and O–H groups in total. The molecule has 0 bridgehead atoms. The summed E-state index contributed by atoms with van der Waals surface area (Å²) in [5, 5.41) is 68.2. The topological polar surface area (TPSA) is 121 Å². The lowest BCUT2D eigenvalue weighted by molar-refractivity contribution is 0.433. The summed E-state index contributed by atoms with van der Waals surface area (Å²) in [4.78, 5) is 0. The highest BCUT2D eigenvalue weighted by molar-refractivity contribution is 5.65. The number of rotatable bonds is 9. The Kier molecular flexibility index (Phi) is 13.5. The molecule has 1 aliphatic rings. The van der Waals surface area contributed by atoms with Crippen LogP contribution in [0.4, 0.5) is 0 Å². The summed E-state index contributed by atoms with van der Waals surface area (Å²) >= 11 is 0. The van der Waals surface area contributed by atoms with Crippen LogP contribution in [0.3, 0.4) is 0 Å². The van der Waals surface area contributed by atoms with Crippen molar-refractivity contribution in [2.24, 2.45) is 5.92 Å². The van der Waals surface area contributed by atoms with Crippen molar-refractivity contribution in [1.82, 2.24) is 0 Å². The van der Waals surface area contributed by atoms with Crippen molar-refractivity contribution in [2.45, 2.75) is 135 Å². The van der Waals surface area contributed by atoms with E-state index in [1.807, 2.05) is 76.2 Å². The number of benzene rings is 6. The zero-order valence-corrected chi connectivity index (χ0v) is 43.7. The van der Waals surface area contributed by atoms with Crippen LogP contribution >= 0.6 is 0 Å². The number of aromatic hydroxyl groups is 5. The number of aliphatic hydroxyl groups excluding tert-OH is 1. The maximum absolute atomic E-state index is 11.4. The van der Waals surface area contributed by atoms with Gasteiger partial charge in [0, 0.05) is 23.7 Å². The number of aliphatic hydroxyl groups is 1. The first kappa shape index (κ1) is 50.0. The Balaban J connectivity index is 1.77. The van der Waals surface area contributed by atoms with Crippen LogP contribution in [-0.4, -0.2) is 30.6 Å². The summed E-state index contributed by atoms with van der Waals surface area (Å²) in [6.07, 6.45) is 2.07. The van der Waals surface area contributed by atoms with Gasteiger partial charge in [0.1, 0.15) is 28.7 Å². The fourth-order valence-electron chi connectivity index (χ4n) is 10.9. The van der Waals surface area contributed by atoms with Gasteiger partial charge in [0.05, 0.1) is 0 Å². The van der Waals surface area contributed by atoms with E-state index < -0.39 is 17.8 Å². The smallest absolute Gasteiger partial charge is 0.170 e. The Labute approximate surface area is 410 Å². The second kappa shape index (κ2) is 18.6. The van der Waals surface area contributed by atoms with Crippen molar-refractivity contribution in [3.05, 3.63) is 199 Å². The average molecular weight is 923 g/mol. The molecule has 358 valence electrons. The molecule has 0 spiro atoms. The molecule has 6 aromatic carbocycles. The van der Waals surface area contributed by atoms with Crippen LogP contribution in [0.2, 0.25) is 0 Å². The van der Waals surface area contributed by atoms with Gasteiger partial charge < -0.3 is 30.6 Å². The lowest BCUT2D eigenvalue weighted by atomic mass is 9.71. The van der Waals surface area contributed by atoms with Gasteiger partial charge in [0.2, 0.25) is 0 Å². The van der Waals surface area contributed by atoms with Gasteiger partial charge in [-0.3, -0.25) is 0 Å². The standard InChI is InChI=1S/C63H70O6/c1-29-18-19-55(64)30(2)20-49(29)56(50-21-31(3)59(65)41(13)36(50)8)46-26-47(57(51-22-32(4)60(66)42(14)37(51)9)52-23-33(5)61(67)43(15)38(52)10)28-48(27-46)58(53-24-34(6)62(68)44(16)39(53)11)54-25-35(7)63(69)45(17)40(54)12/h20-29,56-58,64-69H,1-17H3. The first-order chi connectivity index (χ1) is 32.3. The van der Waals surface area contributed by atoms with Gasteiger partial charge in [-0.2, -0.15) is 0 Å². The van der Waals surface area contributed by atoms with E-state index >= 15 is 0 Å². The quantitative estimate of drug-likeness (QED) is 0.0635. The summed E-state index contributed by atoms with van der Waals surface area (Å²) in [7, 11) is 0. The van der Waals surface area contributed by atoms with Gasteiger partial charge in [0.25, 0.3) is 0 Å². The minimum atomic E-state index is -0.421. The third-order valence-electron chi connectivity index (χ3n) is 16.0. The van der Waals surface area contributed by atoms with Crippen molar-refractivity contribution in [1.29, 1.82) is 0 Å². The number of hydrogen-bond acceptors (Lipinski definition) is 6. The molecule has 2 unspecified atom stereocenters. The predicted molar refractivity (Wildman–Crippen MR) is 282 cm³/mol. The Morgan fingerprint density at radius 1 is 0.348 bits per heavy atom. The Hall–Kier alpha value is -6.84. The SMILES string of the molecule is CC1=C(O)C#CC(C)C(C(c2cc(C(c3cc(C)c(O)c(C)c3C)c3cc(C)c(O)c(C)c3C)cc(C(c3cc(C)c(O)c(C)c3C)c3cc(C)c(O)c(C)c3C)c2)c2cc(C)c(O)c(C)c2C)=C1. The van der Waals surface area contributed by atoms with Gasteiger partial charge in [-0.25, -0.2) is 0 Å². The van der Waals surface area contributed by atoms with E-state index in [0.29, 0.717) is 5.57 Å². The molecule has 0 amide bonds. The molecule has 1 aliphatic carbocycles. The van der Waals surface area contributed by atoms with Crippen LogP contribution in [0.1, 0.15) is 160 Å². The number of phenols is 5. The predicted octanol–water partition coefficient (Wildman–Crippen LogP) is 14.7. The molecular formula is C63H70O6. The van der Waals surface area contributed by atoms with Crippen molar-refractivity contribution >= 4 is 0 Å². The molecular weight excluding hydrogens is 853 g/mol. The van der Waals surface area contributed by atoms with Crippen molar-refractivity contribution < 1.29 is 30.6 Å². The lowest BCUT2D eigenvalue weighted by Gasteiger charge is -2.32. The summed E-state index contributed by atoms with van der Waals surface area (Å²) in [5.41, 5.74) is 22.3. The highest BCUT2D eigenvalue weighted by Crippen LogP contribution is 2.50. The maximum Gasteiger partial charge on any atom is 0.170 e. The first-order valence-corrected chi connectivity index (χ1v) is 24.0. The van der Waals surface area contributed by atoms with Gasteiger partial charge in [0.15, 0.2) is 5.76 Å². The molecule has 0 aromatic heterocycles. The molecule has 6 heteroatoms. The lowest BCUT2D eigenvalue weighted by Crippen LogP contribution is -2.17. The van der Waals surface area contributed by atoms with Gasteiger partial charge >= 0.3 is 0 Å². The first-order valence-electron chi connectivity index (χ1n) is 24.0. The van der Waals surface area contributed by atoms with E-state index in [2.05, 4.69) is 108 Å². The fraction of sp³-hybridized carbons (Fsp3) is 0.333. The van der Waals surface area contributed by atoms with E-state index in [0.717, 1.165) is 134 Å². The number of allylic oxidation sites excluding steroid dienone is 4. The minimum absolute atomic E-state index is 0.0316.